The van der Waals surface area contributed by atoms with Gasteiger partial charge in [-0.2, -0.15) is 0 Å². The maximum absolute atomic E-state index is 6.09. The smallest absolute Gasteiger partial charge is 0.0273 e. The Balaban J connectivity index is 2.11. The first kappa shape index (κ1) is 12.8. The van der Waals surface area contributed by atoms with E-state index in [9.17, 15) is 0 Å². The van der Waals surface area contributed by atoms with Crippen molar-refractivity contribution in [3.63, 3.8) is 0 Å². The molecule has 2 nitrogen and oxygen atoms in total. The molecule has 2 N–H and O–H groups in total. The molecule has 1 unspecified atom stereocenters. The Morgan fingerprint density at radius 1 is 0.944 bits per heavy atom. The van der Waals surface area contributed by atoms with Gasteiger partial charge in [0.1, 0.15) is 0 Å². The maximum atomic E-state index is 6.09. The van der Waals surface area contributed by atoms with E-state index >= 15 is 0 Å². The lowest BCUT2D eigenvalue weighted by molar-refractivity contribution is 0.490. The molecular weight excluding hydrogens is 220 g/mol. The van der Waals surface area contributed by atoms with Crippen LogP contribution in [0.3, 0.4) is 0 Å². The van der Waals surface area contributed by atoms with Crippen LogP contribution in [-0.2, 0) is 6.42 Å². The van der Waals surface area contributed by atoms with Crippen molar-refractivity contribution < 1.29 is 0 Å². The lowest BCUT2D eigenvalue weighted by Gasteiger charge is -2.15. The molecule has 0 saturated carbocycles. The summed E-state index contributed by atoms with van der Waals surface area (Å²) in [6.45, 7) is 4.33. The summed E-state index contributed by atoms with van der Waals surface area (Å²) in [6, 6.07) is 12.9. The van der Waals surface area contributed by atoms with Crippen molar-refractivity contribution in [2.45, 2.75) is 26.3 Å². The minimum Gasteiger partial charge on any atom is -0.327 e. The number of aromatic nitrogens is 1. The summed E-state index contributed by atoms with van der Waals surface area (Å²) in [5.74, 6) is 0.518. The molecule has 0 aliphatic rings. The molecular formula is C16H20N2. The molecule has 0 fully saturated rings. The number of hydrogen-bond acceptors (Lipinski definition) is 2. The topological polar surface area (TPSA) is 38.9 Å². The normalized spacial score (nSPS) is 12.7. The molecule has 94 valence electrons. The molecule has 0 radical (unpaired) electrons. The highest BCUT2D eigenvalue weighted by atomic mass is 14.6. The van der Waals surface area contributed by atoms with Crippen LogP contribution in [0.2, 0.25) is 0 Å². The van der Waals surface area contributed by atoms with Crippen molar-refractivity contribution in [1.82, 2.24) is 4.98 Å². The largest absolute Gasteiger partial charge is 0.327 e. The zero-order chi connectivity index (χ0) is 13.0. The summed E-state index contributed by atoms with van der Waals surface area (Å²) in [6.07, 6.45) is 4.57. The van der Waals surface area contributed by atoms with E-state index in [1.165, 1.54) is 16.7 Å². The van der Waals surface area contributed by atoms with Crippen LogP contribution in [-0.4, -0.2) is 11.0 Å². The second-order valence-electron chi connectivity index (χ2n) is 5.04. The highest BCUT2D eigenvalue weighted by molar-refractivity contribution is 5.62. The number of nitrogens with two attached hydrogens (primary N) is 1. The van der Waals surface area contributed by atoms with Crippen molar-refractivity contribution in [1.29, 1.82) is 0 Å². The van der Waals surface area contributed by atoms with Crippen LogP contribution in [0.1, 0.15) is 19.4 Å². The summed E-state index contributed by atoms with van der Waals surface area (Å²) >= 11 is 0. The van der Waals surface area contributed by atoms with Gasteiger partial charge in [-0.15, -0.1) is 0 Å². The van der Waals surface area contributed by atoms with E-state index in [-0.39, 0.29) is 6.04 Å². The van der Waals surface area contributed by atoms with E-state index in [0.717, 1.165) is 6.42 Å². The third kappa shape index (κ3) is 3.17. The van der Waals surface area contributed by atoms with Crippen LogP contribution in [0.25, 0.3) is 11.1 Å². The van der Waals surface area contributed by atoms with E-state index in [0.29, 0.717) is 5.92 Å². The summed E-state index contributed by atoms with van der Waals surface area (Å²) < 4.78 is 0. The van der Waals surface area contributed by atoms with E-state index in [2.05, 4.69) is 43.1 Å². The molecule has 2 heteroatoms. The van der Waals surface area contributed by atoms with E-state index < -0.39 is 0 Å². The summed E-state index contributed by atoms with van der Waals surface area (Å²) in [5, 5.41) is 0. The second-order valence-corrected chi connectivity index (χ2v) is 5.04. The predicted octanol–water partition coefficient (Wildman–Crippen LogP) is 3.27. The fourth-order valence-electron chi connectivity index (χ4n) is 1.89. The van der Waals surface area contributed by atoms with Crippen LogP contribution >= 0.6 is 0 Å². The molecule has 1 heterocycles. The number of nitrogens with zero attached hydrogens (tertiary/aromatic N) is 1. The first-order valence-corrected chi connectivity index (χ1v) is 6.41. The zero-order valence-corrected chi connectivity index (χ0v) is 11.0. The van der Waals surface area contributed by atoms with Gasteiger partial charge >= 0.3 is 0 Å². The van der Waals surface area contributed by atoms with E-state index in [1.807, 2.05) is 24.5 Å². The van der Waals surface area contributed by atoms with Crippen LogP contribution in [0, 0.1) is 5.92 Å². The van der Waals surface area contributed by atoms with Crippen molar-refractivity contribution >= 4 is 0 Å². The average molecular weight is 240 g/mol. The Hall–Kier alpha value is -1.67. The first-order chi connectivity index (χ1) is 8.66. The van der Waals surface area contributed by atoms with Crippen molar-refractivity contribution in [3.8, 4) is 11.1 Å². The van der Waals surface area contributed by atoms with Crippen LogP contribution in [0.15, 0.2) is 48.8 Å². The Morgan fingerprint density at radius 3 is 2.06 bits per heavy atom. The van der Waals surface area contributed by atoms with Crippen molar-refractivity contribution in [2.24, 2.45) is 11.7 Å². The average Bonchev–Trinajstić information content (AvgIpc) is 2.40. The summed E-state index contributed by atoms with van der Waals surface area (Å²) in [7, 11) is 0. The molecule has 1 aromatic carbocycles. The van der Waals surface area contributed by atoms with Gasteiger partial charge in [-0.3, -0.25) is 4.98 Å². The molecule has 0 saturated heterocycles. The highest BCUT2D eigenvalue weighted by Gasteiger charge is 2.08. The van der Waals surface area contributed by atoms with E-state index in [1.54, 1.807) is 0 Å². The fourth-order valence-corrected chi connectivity index (χ4v) is 1.89. The van der Waals surface area contributed by atoms with Crippen molar-refractivity contribution in [3.05, 3.63) is 54.4 Å². The zero-order valence-electron chi connectivity index (χ0n) is 11.0. The summed E-state index contributed by atoms with van der Waals surface area (Å²) in [4.78, 5) is 4.03. The van der Waals surface area contributed by atoms with Gasteiger partial charge in [-0.1, -0.05) is 38.1 Å². The van der Waals surface area contributed by atoms with Gasteiger partial charge in [0, 0.05) is 18.4 Å². The highest BCUT2D eigenvalue weighted by Crippen LogP contribution is 2.19. The van der Waals surface area contributed by atoms with Gasteiger partial charge in [-0.05, 0) is 41.2 Å². The number of pyridine rings is 1. The Bertz CT molecular complexity index is 474. The van der Waals surface area contributed by atoms with Gasteiger partial charge in [0.2, 0.25) is 0 Å². The molecule has 0 aliphatic carbocycles. The third-order valence-corrected chi connectivity index (χ3v) is 3.30. The molecule has 2 rings (SSSR count). The van der Waals surface area contributed by atoms with Gasteiger partial charge in [0.15, 0.2) is 0 Å². The van der Waals surface area contributed by atoms with Crippen molar-refractivity contribution in [2.75, 3.05) is 0 Å². The minimum absolute atomic E-state index is 0.233. The molecule has 18 heavy (non-hydrogen) atoms. The Labute approximate surface area is 109 Å². The molecule has 2 aromatic rings. The second kappa shape index (κ2) is 5.78. The number of rotatable bonds is 4. The van der Waals surface area contributed by atoms with Crippen LogP contribution in [0.4, 0.5) is 0 Å². The standard InChI is InChI=1S/C16H20N2/c1-12(2)16(17)11-13-3-5-14(6-4-13)15-7-9-18-10-8-15/h3-10,12,16H,11,17H2,1-2H3. The lowest BCUT2D eigenvalue weighted by Crippen LogP contribution is -2.28. The lowest BCUT2D eigenvalue weighted by atomic mass is 9.96. The molecule has 0 spiro atoms. The molecule has 0 amide bonds. The SMILES string of the molecule is CC(C)C(N)Cc1ccc(-c2ccncc2)cc1. The first-order valence-electron chi connectivity index (χ1n) is 6.41. The monoisotopic (exact) mass is 240 g/mol. The maximum Gasteiger partial charge on any atom is 0.0273 e. The number of hydrogen-bond donors (Lipinski definition) is 1. The van der Waals surface area contributed by atoms with Crippen LogP contribution < -0.4 is 5.73 Å². The van der Waals surface area contributed by atoms with Gasteiger partial charge in [0.25, 0.3) is 0 Å². The van der Waals surface area contributed by atoms with E-state index in [4.69, 9.17) is 5.73 Å². The molecule has 0 bridgehead atoms. The van der Waals surface area contributed by atoms with Gasteiger partial charge in [-0.25, -0.2) is 0 Å². The minimum atomic E-state index is 0.233. The fraction of sp³-hybridized carbons (Fsp3) is 0.312. The quantitative estimate of drug-likeness (QED) is 0.890. The van der Waals surface area contributed by atoms with Crippen LogP contribution in [0.5, 0.6) is 0 Å². The third-order valence-electron chi connectivity index (χ3n) is 3.30. The Kier molecular flexibility index (Phi) is 4.11. The summed E-state index contributed by atoms with van der Waals surface area (Å²) in [5.41, 5.74) is 9.81. The van der Waals surface area contributed by atoms with Gasteiger partial charge < -0.3 is 5.73 Å². The molecule has 1 atom stereocenters. The Morgan fingerprint density at radius 2 is 1.50 bits per heavy atom. The van der Waals surface area contributed by atoms with Gasteiger partial charge in [0.05, 0.1) is 0 Å². The number of benzene rings is 1. The predicted molar refractivity (Wildman–Crippen MR) is 76.2 cm³/mol. The molecule has 0 aliphatic heterocycles. The molecule has 1 aromatic heterocycles.